The van der Waals surface area contributed by atoms with Crippen molar-refractivity contribution in [1.82, 2.24) is 9.88 Å². The fourth-order valence-corrected chi connectivity index (χ4v) is 2.22. The Morgan fingerprint density at radius 3 is 3.18 bits per heavy atom. The van der Waals surface area contributed by atoms with Crippen molar-refractivity contribution in [2.75, 3.05) is 13.2 Å². The zero-order valence-corrected chi connectivity index (χ0v) is 10.3. The third-order valence-electron chi connectivity index (χ3n) is 3.17. The Morgan fingerprint density at radius 1 is 1.53 bits per heavy atom. The minimum atomic E-state index is 0.0645. The second-order valence-corrected chi connectivity index (χ2v) is 4.59. The number of pyridine rings is 1. The molecular formula is C13H20N2O2. The molecule has 0 spiro atoms. The summed E-state index contributed by atoms with van der Waals surface area (Å²) in [6.45, 7) is 4.51. The summed E-state index contributed by atoms with van der Waals surface area (Å²) in [5, 5.41) is 3.49. The molecule has 94 valence electrons. The number of nitrogens with zero attached hydrogens (tertiary/aromatic N) is 1. The molecule has 0 bridgehead atoms. The van der Waals surface area contributed by atoms with Crippen LogP contribution in [-0.4, -0.2) is 29.9 Å². The van der Waals surface area contributed by atoms with Crippen molar-refractivity contribution >= 4 is 0 Å². The molecule has 1 aromatic rings. The Labute approximate surface area is 102 Å². The molecule has 4 heteroatoms. The van der Waals surface area contributed by atoms with Gasteiger partial charge in [-0.1, -0.05) is 6.07 Å². The van der Waals surface area contributed by atoms with Gasteiger partial charge in [0.2, 0.25) is 0 Å². The van der Waals surface area contributed by atoms with Gasteiger partial charge in [-0.15, -0.1) is 0 Å². The molecule has 1 saturated heterocycles. The van der Waals surface area contributed by atoms with Crippen LogP contribution in [-0.2, 0) is 11.3 Å². The number of hydrogen-bond donors (Lipinski definition) is 1. The normalized spacial score (nSPS) is 24.8. The summed E-state index contributed by atoms with van der Waals surface area (Å²) in [5.41, 5.74) is 0.0645. The van der Waals surface area contributed by atoms with Gasteiger partial charge in [0.05, 0.1) is 6.10 Å². The molecule has 2 atom stereocenters. The summed E-state index contributed by atoms with van der Waals surface area (Å²) >= 11 is 0. The molecule has 1 fully saturated rings. The van der Waals surface area contributed by atoms with Crippen LogP contribution in [0.3, 0.4) is 0 Å². The first-order chi connectivity index (χ1) is 8.25. The van der Waals surface area contributed by atoms with Crippen molar-refractivity contribution in [3.05, 3.63) is 34.7 Å². The van der Waals surface area contributed by atoms with Crippen LogP contribution in [0.1, 0.15) is 19.8 Å². The summed E-state index contributed by atoms with van der Waals surface area (Å²) in [5.74, 6) is 0. The number of rotatable bonds is 4. The molecule has 0 aliphatic carbocycles. The van der Waals surface area contributed by atoms with E-state index in [1.807, 2.05) is 12.3 Å². The summed E-state index contributed by atoms with van der Waals surface area (Å²) in [4.78, 5) is 11.5. The minimum Gasteiger partial charge on any atom is -0.378 e. The van der Waals surface area contributed by atoms with Crippen LogP contribution in [0.2, 0.25) is 0 Å². The molecule has 0 amide bonds. The number of nitrogens with one attached hydrogen (secondary N) is 1. The van der Waals surface area contributed by atoms with Gasteiger partial charge in [0.25, 0.3) is 5.56 Å². The Hall–Kier alpha value is -1.13. The van der Waals surface area contributed by atoms with Crippen LogP contribution in [0.25, 0.3) is 0 Å². The van der Waals surface area contributed by atoms with Crippen molar-refractivity contribution in [2.45, 2.75) is 38.5 Å². The lowest BCUT2D eigenvalue weighted by Crippen LogP contribution is -2.40. The van der Waals surface area contributed by atoms with Gasteiger partial charge in [0.15, 0.2) is 0 Å². The maximum atomic E-state index is 11.5. The number of aromatic nitrogens is 1. The van der Waals surface area contributed by atoms with Gasteiger partial charge >= 0.3 is 0 Å². The van der Waals surface area contributed by atoms with E-state index in [9.17, 15) is 4.79 Å². The van der Waals surface area contributed by atoms with Crippen molar-refractivity contribution in [2.24, 2.45) is 0 Å². The summed E-state index contributed by atoms with van der Waals surface area (Å²) in [6, 6.07) is 5.78. The summed E-state index contributed by atoms with van der Waals surface area (Å²) in [7, 11) is 0. The highest BCUT2D eigenvalue weighted by Crippen LogP contribution is 2.12. The zero-order chi connectivity index (χ0) is 12.1. The first-order valence-corrected chi connectivity index (χ1v) is 6.26. The van der Waals surface area contributed by atoms with Gasteiger partial charge in [-0.05, 0) is 25.8 Å². The van der Waals surface area contributed by atoms with Crippen molar-refractivity contribution in [3.63, 3.8) is 0 Å². The van der Waals surface area contributed by atoms with Crippen LogP contribution in [0.15, 0.2) is 29.2 Å². The predicted octanol–water partition coefficient (Wildman–Crippen LogP) is 1.01. The molecular weight excluding hydrogens is 216 g/mol. The zero-order valence-electron chi connectivity index (χ0n) is 10.3. The molecule has 1 aliphatic rings. The summed E-state index contributed by atoms with van der Waals surface area (Å²) in [6.07, 6.45) is 4.30. The first-order valence-electron chi connectivity index (χ1n) is 6.26. The van der Waals surface area contributed by atoms with E-state index in [0.29, 0.717) is 12.1 Å². The van der Waals surface area contributed by atoms with Crippen molar-refractivity contribution < 1.29 is 4.74 Å². The lowest BCUT2D eigenvalue weighted by molar-refractivity contribution is 0.0133. The second-order valence-electron chi connectivity index (χ2n) is 4.59. The highest BCUT2D eigenvalue weighted by Gasteiger charge is 2.18. The third kappa shape index (κ3) is 3.68. The Bertz CT molecular complexity index is 402. The third-order valence-corrected chi connectivity index (χ3v) is 3.17. The maximum absolute atomic E-state index is 11.5. The predicted molar refractivity (Wildman–Crippen MR) is 67.1 cm³/mol. The van der Waals surface area contributed by atoms with Gasteiger partial charge in [-0.25, -0.2) is 0 Å². The Kier molecular flexibility index (Phi) is 4.34. The van der Waals surface area contributed by atoms with E-state index in [-0.39, 0.29) is 5.56 Å². The van der Waals surface area contributed by atoms with E-state index >= 15 is 0 Å². The molecule has 17 heavy (non-hydrogen) atoms. The monoisotopic (exact) mass is 236 g/mol. The fraction of sp³-hybridized carbons (Fsp3) is 0.615. The molecule has 2 unspecified atom stereocenters. The Morgan fingerprint density at radius 2 is 2.41 bits per heavy atom. The molecule has 4 nitrogen and oxygen atoms in total. The molecule has 0 radical (unpaired) electrons. The maximum Gasteiger partial charge on any atom is 0.250 e. The van der Waals surface area contributed by atoms with Gasteiger partial charge < -0.3 is 14.6 Å². The lowest BCUT2D eigenvalue weighted by Gasteiger charge is -2.28. The van der Waals surface area contributed by atoms with E-state index in [2.05, 4.69) is 12.2 Å². The quantitative estimate of drug-likeness (QED) is 0.848. The molecule has 0 aromatic carbocycles. The smallest absolute Gasteiger partial charge is 0.250 e. The van der Waals surface area contributed by atoms with E-state index in [1.165, 1.54) is 0 Å². The lowest BCUT2D eigenvalue weighted by atomic mass is 10.0. The van der Waals surface area contributed by atoms with Gasteiger partial charge in [-0.2, -0.15) is 0 Å². The van der Waals surface area contributed by atoms with Crippen LogP contribution < -0.4 is 10.9 Å². The van der Waals surface area contributed by atoms with E-state index in [4.69, 9.17) is 4.74 Å². The molecule has 2 rings (SSSR count). The van der Waals surface area contributed by atoms with Crippen molar-refractivity contribution in [1.29, 1.82) is 0 Å². The van der Waals surface area contributed by atoms with Crippen molar-refractivity contribution in [3.8, 4) is 0 Å². The molecule has 1 aliphatic heterocycles. The standard InChI is InChI=1S/C13H20N2O2/c1-11-10-12(5-9-17-11)14-6-8-15-7-3-2-4-13(15)16/h2-4,7,11-12,14H,5-6,8-10H2,1H3. The minimum absolute atomic E-state index is 0.0645. The van der Waals surface area contributed by atoms with Crippen LogP contribution in [0, 0.1) is 0 Å². The van der Waals surface area contributed by atoms with Gasteiger partial charge in [0, 0.05) is 38.0 Å². The topological polar surface area (TPSA) is 43.3 Å². The van der Waals surface area contributed by atoms with E-state index in [1.54, 1.807) is 16.7 Å². The molecule has 1 aromatic heterocycles. The van der Waals surface area contributed by atoms with Crippen LogP contribution >= 0.6 is 0 Å². The van der Waals surface area contributed by atoms with E-state index in [0.717, 1.165) is 32.5 Å². The Balaban J connectivity index is 1.76. The van der Waals surface area contributed by atoms with Gasteiger partial charge in [0.1, 0.15) is 0 Å². The highest BCUT2D eigenvalue weighted by atomic mass is 16.5. The largest absolute Gasteiger partial charge is 0.378 e. The second kappa shape index (κ2) is 5.98. The van der Waals surface area contributed by atoms with Crippen LogP contribution in [0.4, 0.5) is 0 Å². The van der Waals surface area contributed by atoms with Gasteiger partial charge in [-0.3, -0.25) is 4.79 Å². The van der Waals surface area contributed by atoms with E-state index < -0.39 is 0 Å². The fourth-order valence-electron chi connectivity index (χ4n) is 2.22. The SMILES string of the molecule is CC1CC(NCCn2ccccc2=O)CCO1. The molecule has 0 saturated carbocycles. The molecule has 2 heterocycles. The van der Waals surface area contributed by atoms with Crippen LogP contribution in [0.5, 0.6) is 0 Å². The molecule has 1 N–H and O–H groups in total. The highest BCUT2D eigenvalue weighted by molar-refractivity contribution is 4.93. The number of ether oxygens (including phenoxy) is 1. The number of hydrogen-bond acceptors (Lipinski definition) is 3. The summed E-state index contributed by atoms with van der Waals surface area (Å²) < 4.78 is 7.23. The first kappa shape index (κ1) is 12.3. The average molecular weight is 236 g/mol. The average Bonchev–Trinajstić information content (AvgIpc) is 2.32.